The van der Waals surface area contributed by atoms with Gasteiger partial charge in [0.15, 0.2) is 5.01 Å². The van der Waals surface area contributed by atoms with Gasteiger partial charge in [0.2, 0.25) is 17.6 Å². The van der Waals surface area contributed by atoms with E-state index in [1.54, 1.807) is 0 Å². The number of thiazole rings is 1. The molecule has 0 radical (unpaired) electrons. The highest BCUT2D eigenvalue weighted by molar-refractivity contribution is 7.13. The van der Waals surface area contributed by atoms with E-state index in [1.165, 1.54) is 38.7 Å². The van der Waals surface area contributed by atoms with E-state index in [9.17, 15) is 41.9 Å². The van der Waals surface area contributed by atoms with Crippen molar-refractivity contribution in [2.45, 2.75) is 70.3 Å². The van der Waals surface area contributed by atoms with Crippen LogP contribution in [-0.2, 0) is 31.9 Å². The number of ketones is 1. The molecule has 45 heavy (non-hydrogen) atoms. The SMILES string of the molecule is CNC(=O)C(=O)CC[C@H](NC(=O)c1sc(C(F)(F)F)nc1C)C(=O)Nc1cccn(CC(=O)NC2C3CC4CC(C3)C2C4)c1=O. The van der Waals surface area contributed by atoms with E-state index in [0.717, 1.165) is 29.7 Å². The number of carbonyl (C=O) groups excluding carboxylic acids is 5. The summed E-state index contributed by atoms with van der Waals surface area (Å²) in [6, 6.07) is 1.31. The van der Waals surface area contributed by atoms with Gasteiger partial charge in [-0.05, 0) is 74.8 Å². The zero-order valence-electron chi connectivity index (χ0n) is 24.5. The summed E-state index contributed by atoms with van der Waals surface area (Å²) in [4.78, 5) is 79.1. The molecule has 4 aliphatic rings. The van der Waals surface area contributed by atoms with Crippen molar-refractivity contribution in [3.63, 3.8) is 0 Å². The molecule has 0 aromatic carbocycles. The third kappa shape index (κ3) is 6.94. The number of likely N-dealkylation sites (N-methyl/N-ethyl adjacent to an activating group) is 1. The highest BCUT2D eigenvalue weighted by Crippen LogP contribution is 2.58. The van der Waals surface area contributed by atoms with Crippen LogP contribution < -0.4 is 26.8 Å². The molecule has 5 unspecified atom stereocenters. The van der Waals surface area contributed by atoms with E-state index in [4.69, 9.17) is 0 Å². The Morgan fingerprint density at radius 2 is 1.84 bits per heavy atom. The Bertz CT molecular complexity index is 1580. The Balaban J connectivity index is 1.28. The maximum absolute atomic E-state index is 13.3. The molecule has 0 aliphatic heterocycles. The van der Waals surface area contributed by atoms with E-state index >= 15 is 0 Å². The van der Waals surface area contributed by atoms with Gasteiger partial charge >= 0.3 is 6.18 Å². The van der Waals surface area contributed by atoms with Gasteiger partial charge in [0.25, 0.3) is 17.4 Å². The van der Waals surface area contributed by atoms with Gasteiger partial charge in [-0.1, -0.05) is 0 Å². The molecule has 4 bridgehead atoms. The van der Waals surface area contributed by atoms with E-state index in [-0.39, 0.29) is 41.2 Å². The summed E-state index contributed by atoms with van der Waals surface area (Å²) < 4.78 is 40.6. The van der Waals surface area contributed by atoms with E-state index < -0.39 is 64.0 Å². The van der Waals surface area contributed by atoms with Crippen molar-refractivity contribution in [2.24, 2.45) is 23.7 Å². The first-order valence-electron chi connectivity index (χ1n) is 14.6. The second kappa shape index (κ2) is 12.7. The molecule has 2 aromatic rings. The molecule has 4 aliphatic carbocycles. The number of amides is 4. The van der Waals surface area contributed by atoms with E-state index in [0.29, 0.717) is 17.8 Å². The summed E-state index contributed by atoms with van der Waals surface area (Å²) >= 11 is 0.0918. The van der Waals surface area contributed by atoms with Gasteiger partial charge in [-0.3, -0.25) is 28.8 Å². The Morgan fingerprint density at radius 3 is 2.51 bits per heavy atom. The first kappa shape index (κ1) is 32.3. The summed E-state index contributed by atoms with van der Waals surface area (Å²) in [5.74, 6) is -1.84. The third-order valence-electron chi connectivity index (χ3n) is 8.98. The largest absolute Gasteiger partial charge is 0.443 e. The lowest BCUT2D eigenvalue weighted by atomic mass is 9.79. The minimum atomic E-state index is -4.79. The molecule has 4 amide bonds. The van der Waals surface area contributed by atoms with Crippen molar-refractivity contribution < 1.29 is 37.1 Å². The monoisotopic (exact) mass is 650 g/mol. The molecular formula is C29H33F3N6O6S. The minimum absolute atomic E-state index is 0.0918. The Hall–Kier alpha value is -4.08. The molecule has 0 spiro atoms. The van der Waals surface area contributed by atoms with Crippen LogP contribution in [0.2, 0.25) is 0 Å². The summed E-state index contributed by atoms with van der Waals surface area (Å²) in [7, 11) is 1.24. The molecule has 0 saturated heterocycles. The molecule has 6 atom stereocenters. The number of hydrogen-bond acceptors (Lipinski definition) is 8. The topological polar surface area (TPSA) is 168 Å². The number of anilines is 1. The van der Waals surface area contributed by atoms with Crippen LogP contribution in [0.25, 0.3) is 0 Å². The smallest absolute Gasteiger partial charge is 0.353 e. The number of rotatable bonds is 11. The highest BCUT2D eigenvalue weighted by Gasteiger charge is 2.54. The van der Waals surface area contributed by atoms with Crippen molar-refractivity contribution in [2.75, 3.05) is 12.4 Å². The summed E-state index contributed by atoms with van der Waals surface area (Å²) in [6.07, 6.45) is 0.284. The van der Waals surface area contributed by atoms with Crippen LogP contribution in [0.15, 0.2) is 23.1 Å². The van der Waals surface area contributed by atoms with Gasteiger partial charge in [0, 0.05) is 25.7 Å². The highest BCUT2D eigenvalue weighted by atomic mass is 32.1. The predicted molar refractivity (Wildman–Crippen MR) is 155 cm³/mol. The molecule has 4 fully saturated rings. The number of aromatic nitrogens is 2. The van der Waals surface area contributed by atoms with Crippen LogP contribution in [0.3, 0.4) is 0 Å². The number of carbonyl (C=O) groups is 5. The molecule has 16 heteroatoms. The number of halogens is 3. The van der Waals surface area contributed by atoms with Gasteiger partial charge in [-0.15, -0.1) is 11.3 Å². The number of aryl methyl sites for hydroxylation is 1. The second-order valence-electron chi connectivity index (χ2n) is 11.9. The van der Waals surface area contributed by atoms with Gasteiger partial charge in [0.05, 0.1) is 5.69 Å². The van der Waals surface area contributed by atoms with Gasteiger partial charge in [0.1, 0.15) is 23.2 Å². The molecule has 6 rings (SSSR count). The average molecular weight is 651 g/mol. The Morgan fingerprint density at radius 1 is 1.11 bits per heavy atom. The normalized spacial score (nSPS) is 23.8. The summed E-state index contributed by atoms with van der Waals surface area (Å²) in [6.45, 7) is 0.925. The first-order chi connectivity index (χ1) is 21.2. The van der Waals surface area contributed by atoms with Crippen LogP contribution in [0.1, 0.15) is 58.9 Å². The summed E-state index contributed by atoms with van der Waals surface area (Å²) in [5.41, 5.74) is -1.14. The number of hydrogen-bond donors (Lipinski definition) is 4. The van der Waals surface area contributed by atoms with Crippen LogP contribution >= 0.6 is 11.3 Å². The molecular weight excluding hydrogens is 617 g/mol. The van der Waals surface area contributed by atoms with E-state index in [2.05, 4.69) is 26.3 Å². The molecule has 12 nitrogen and oxygen atoms in total. The van der Waals surface area contributed by atoms with Crippen molar-refractivity contribution in [1.29, 1.82) is 0 Å². The maximum atomic E-state index is 13.3. The molecule has 4 N–H and O–H groups in total. The fourth-order valence-electron chi connectivity index (χ4n) is 7.07. The lowest BCUT2D eigenvalue weighted by Gasteiger charge is -2.32. The van der Waals surface area contributed by atoms with Crippen molar-refractivity contribution in [3.8, 4) is 0 Å². The lowest BCUT2D eigenvalue weighted by molar-refractivity contribution is -0.137. The number of Topliss-reactive ketones (excluding diaryl/α,β-unsaturated/α-hetero) is 1. The van der Waals surface area contributed by atoms with Crippen LogP contribution in [0.5, 0.6) is 0 Å². The van der Waals surface area contributed by atoms with E-state index in [1.807, 2.05) is 0 Å². The van der Waals surface area contributed by atoms with Crippen LogP contribution in [-0.4, -0.2) is 58.1 Å². The van der Waals surface area contributed by atoms with Crippen LogP contribution in [0, 0.1) is 30.6 Å². The number of pyridine rings is 1. The Labute approximate surface area is 259 Å². The zero-order chi connectivity index (χ0) is 32.6. The standard InChI is InChI=1S/C29H33F3N6O6S/c1-13-23(45-28(34-13)29(30,31)32)26(43)35-18(5-6-20(39)25(42)33-2)24(41)36-19-4-3-7-38(27(19)44)12-21(40)37-22-16-9-14-8-15(11-16)17(22)10-14/h3-4,7,14-18,22H,5-6,8-12H2,1-2H3,(H,33,42)(H,35,43)(H,36,41)(H,37,40)/t14?,15?,16?,17?,18-,22?/m0/s1. The quantitative estimate of drug-likeness (QED) is 0.270. The zero-order valence-corrected chi connectivity index (χ0v) is 25.3. The van der Waals surface area contributed by atoms with Gasteiger partial charge < -0.3 is 25.8 Å². The van der Waals surface area contributed by atoms with Crippen molar-refractivity contribution in [3.05, 3.63) is 44.3 Å². The second-order valence-corrected chi connectivity index (χ2v) is 12.9. The number of nitrogens with zero attached hydrogens (tertiary/aromatic N) is 2. The predicted octanol–water partition coefficient (Wildman–Crippen LogP) is 2.02. The fraction of sp³-hybridized carbons (Fsp3) is 0.552. The molecule has 2 heterocycles. The summed E-state index contributed by atoms with van der Waals surface area (Å²) in [5, 5.41) is 8.70. The molecule has 242 valence electrons. The lowest BCUT2D eigenvalue weighted by Crippen LogP contribution is -2.46. The maximum Gasteiger partial charge on any atom is 0.443 e. The third-order valence-corrected chi connectivity index (χ3v) is 10.2. The van der Waals surface area contributed by atoms with Crippen LogP contribution in [0.4, 0.5) is 18.9 Å². The molecule has 2 aromatic heterocycles. The van der Waals surface area contributed by atoms with Gasteiger partial charge in [-0.25, -0.2) is 4.98 Å². The first-order valence-corrected chi connectivity index (χ1v) is 15.5. The minimum Gasteiger partial charge on any atom is -0.353 e. The average Bonchev–Trinajstić information content (AvgIpc) is 3.59. The Kier molecular flexibility index (Phi) is 9.14. The fourth-order valence-corrected chi connectivity index (χ4v) is 7.91. The molecule has 4 saturated carbocycles. The number of alkyl halides is 3. The van der Waals surface area contributed by atoms with Crippen molar-refractivity contribution in [1.82, 2.24) is 25.5 Å². The van der Waals surface area contributed by atoms with Crippen molar-refractivity contribution >= 4 is 46.4 Å². The number of nitrogens with one attached hydrogen (secondary N) is 4. The van der Waals surface area contributed by atoms with Gasteiger partial charge in [-0.2, -0.15) is 13.2 Å².